The minimum atomic E-state index is -0.926. The van der Waals surface area contributed by atoms with Crippen LogP contribution < -0.4 is 0 Å². The van der Waals surface area contributed by atoms with E-state index in [9.17, 15) is 9.59 Å². The number of aliphatic carboxylic acids is 1. The summed E-state index contributed by atoms with van der Waals surface area (Å²) in [7, 11) is 0. The summed E-state index contributed by atoms with van der Waals surface area (Å²) in [5.41, 5.74) is 0. The Hall–Kier alpha value is -1.14. The first-order valence-corrected chi connectivity index (χ1v) is 4.73. The zero-order valence-corrected chi connectivity index (χ0v) is 8.48. The molecule has 0 aliphatic carbocycles. The van der Waals surface area contributed by atoms with Crippen molar-refractivity contribution < 1.29 is 29.3 Å². The summed E-state index contributed by atoms with van der Waals surface area (Å²) < 4.78 is 8.99. The summed E-state index contributed by atoms with van der Waals surface area (Å²) in [6.07, 6.45) is 0.333. The van der Waals surface area contributed by atoms with E-state index in [0.717, 1.165) is 13.2 Å². The van der Waals surface area contributed by atoms with Crippen LogP contribution in [0.2, 0.25) is 0 Å². The molecule has 6 nitrogen and oxygen atoms in total. The molecule has 1 aliphatic rings. The molecule has 0 spiro atoms. The predicted molar refractivity (Wildman–Crippen MR) is 50.4 cm³/mol. The lowest BCUT2D eigenvalue weighted by atomic mass is 10.2. The third-order valence-electron chi connectivity index (χ3n) is 1.33. The molecule has 1 heterocycles. The Kier molecular flexibility index (Phi) is 8.70. The normalized spacial score (nSPS) is 12.3. The van der Waals surface area contributed by atoms with Gasteiger partial charge in [0.15, 0.2) is 0 Å². The molecule has 1 fully saturated rings. The molecule has 0 bridgehead atoms. The van der Waals surface area contributed by atoms with Crippen LogP contribution in [0.5, 0.6) is 0 Å². The van der Waals surface area contributed by atoms with Gasteiger partial charge in [-0.2, -0.15) is 0 Å². The second kappa shape index (κ2) is 9.42. The van der Waals surface area contributed by atoms with Gasteiger partial charge >= 0.3 is 11.9 Å². The van der Waals surface area contributed by atoms with Gasteiger partial charge in [-0.1, -0.05) is 0 Å². The molecule has 0 aromatic carbocycles. The number of epoxide rings is 1. The molecule has 0 radical (unpaired) electrons. The number of hydrogen-bond acceptors (Lipinski definition) is 5. The average molecular weight is 220 g/mol. The number of ether oxygens (including phenoxy) is 2. The minimum Gasteiger partial charge on any atom is -0.481 e. The van der Waals surface area contributed by atoms with E-state index in [0.29, 0.717) is 0 Å². The number of hydrogen-bond donors (Lipinski definition) is 2. The van der Waals surface area contributed by atoms with Gasteiger partial charge < -0.3 is 19.7 Å². The van der Waals surface area contributed by atoms with Crippen LogP contribution in [0, 0.1) is 0 Å². The first kappa shape index (κ1) is 13.9. The van der Waals surface area contributed by atoms with Gasteiger partial charge in [-0.05, 0) is 6.42 Å². The van der Waals surface area contributed by atoms with Crippen LogP contribution >= 0.6 is 0 Å². The quantitative estimate of drug-likeness (QED) is 0.475. The van der Waals surface area contributed by atoms with Crippen molar-refractivity contribution in [3.63, 3.8) is 0 Å². The Labute approximate surface area is 87.8 Å². The maximum absolute atomic E-state index is 10.7. The summed E-state index contributed by atoms with van der Waals surface area (Å²) in [4.78, 5) is 20.7. The summed E-state index contributed by atoms with van der Waals surface area (Å²) in [6, 6.07) is 0. The third-order valence-corrected chi connectivity index (χ3v) is 1.33. The fourth-order valence-electron chi connectivity index (χ4n) is 0.616. The maximum atomic E-state index is 10.7. The summed E-state index contributed by atoms with van der Waals surface area (Å²) >= 11 is 0. The lowest BCUT2D eigenvalue weighted by Gasteiger charge is -2.00. The molecule has 1 rings (SSSR count). The number of esters is 1. The van der Waals surface area contributed by atoms with Gasteiger partial charge in [-0.25, -0.2) is 0 Å². The molecule has 6 heteroatoms. The van der Waals surface area contributed by atoms with E-state index >= 15 is 0 Å². The van der Waals surface area contributed by atoms with Gasteiger partial charge in [0.1, 0.15) is 6.61 Å². The summed E-state index contributed by atoms with van der Waals surface area (Å²) in [6.45, 7) is 1.77. The molecule has 0 unspecified atom stereocenters. The van der Waals surface area contributed by atoms with E-state index in [1.807, 2.05) is 0 Å². The minimum absolute atomic E-state index is 0.0219. The SMILES string of the molecule is C1CO1.O=C(O)CCCC(=O)OCCO. The van der Waals surface area contributed by atoms with Gasteiger partial charge in [0.2, 0.25) is 0 Å². The van der Waals surface area contributed by atoms with E-state index in [2.05, 4.69) is 9.47 Å². The lowest BCUT2D eigenvalue weighted by Crippen LogP contribution is -2.08. The van der Waals surface area contributed by atoms with Crippen molar-refractivity contribution in [3.8, 4) is 0 Å². The number of rotatable bonds is 6. The Morgan fingerprint density at radius 1 is 1.27 bits per heavy atom. The fraction of sp³-hybridized carbons (Fsp3) is 0.778. The first-order valence-electron chi connectivity index (χ1n) is 4.73. The maximum Gasteiger partial charge on any atom is 0.305 e. The molecular formula is C9H16O6. The second-order valence-corrected chi connectivity index (χ2v) is 2.80. The van der Waals surface area contributed by atoms with Gasteiger partial charge in [-0.15, -0.1) is 0 Å². The third kappa shape index (κ3) is 15.6. The summed E-state index contributed by atoms with van der Waals surface area (Å²) in [5, 5.41) is 16.5. The van der Waals surface area contributed by atoms with Crippen LogP contribution in [0.4, 0.5) is 0 Å². The molecule has 0 aromatic heterocycles. The number of carboxylic acid groups (broad SMARTS) is 1. The number of aliphatic hydroxyl groups is 1. The van der Waals surface area contributed by atoms with Gasteiger partial charge in [0, 0.05) is 12.8 Å². The van der Waals surface area contributed by atoms with Crippen LogP contribution in [0.3, 0.4) is 0 Å². The van der Waals surface area contributed by atoms with Crippen LogP contribution in [-0.4, -0.2) is 48.6 Å². The van der Waals surface area contributed by atoms with Crippen molar-refractivity contribution in [2.45, 2.75) is 19.3 Å². The van der Waals surface area contributed by atoms with Crippen molar-refractivity contribution in [2.75, 3.05) is 26.4 Å². The van der Waals surface area contributed by atoms with E-state index in [1.165, 1.54) is 0 Å². The summed E-state index contributed by atoms with van der Waals surface area (Å²) in [5.74, 6) is -1.39. The zero-order chi connectivity index (χ0) is 11.5. The van der Waals surface area contributed by atoms with Crippen LogP contribution in [0.15, 0.2) is 0 Å². The zero-order valence-electron chi connectivity index (χ0n) is 8.48. The van der Waals surface area contributed by atoms with Crippen molar-refractivity contribution in [2.24, 2.45) is 0 Å². The number of carbonyl (C=O) groups is 2. The molecular weight excluding hydrogens is 204 g/mol. The topological polar surface area (TPSA) is 96.4 Å². The smallest absolute Gasteiger partial charge is 0.305 e. The van der Waals surface area contributed by atoms with Crippen molar-refractivity contribution in [1.29, 1.82) is 0 Å². The highest BCUT2D eigenvalue weighted by molar-refractivity contribution is 5.71. The second-order valence-electron chi connectivity index (χ2n) is 2.80. The van der Waals surface area contributed by atoms with E-state index in [1.54, 1.807) is 0 Å². The highest BCUT2D eigenvalue weighted by atomic mass is 16.6. The number of carbonyl (C=O) groups excluding carboxylic acids is 1. The molecule has 1 aliphatic heterocycles. The molecule has 2 N–H and O–H groups in total. The largest absolute Gasteiger partial charge is 0.481 e. The Morgan fingerprint density at radius 3 is 2.27 bits per heavy atom. The van der Waals surface area contributed by atoms with Crippen LogP contribution in [0.25, 0.3) is 0 Å². The molecule has 1 saturated heterocycles. The Morgan fingerprint density at radius 2 is 1.87 bits per heavy atom. The van der Waals surface area contributed by atoms with E-state index in [-0.39, 0.29) is 32.5 Å². The number of carboxylic acids is 1. The monoisotopic (exact) mass is 220 g/mol. The van der Waals surface area contributed by atoms with Crippen molar-refractivity contribution in [1.82, 2.24) is 0 Å². The van der Waals surface area contributed by atoms with Gasteiger partial charge in [0.25, 0.3) is 0 Å². The molecule has 0 atom stereocenters. The van der Waals surface area contributed by atoms with Crippen LogP contribution in [0.1, 0.15) is 19.3 Å². The molecule has 15 heavy (non-hydrogen) atoms. The molecule has 0 amide bonds. The van der Waals surface area contributed by atoms with Crippen molar-refractivity contribution in [3.05, 3.63) is 0 Å². The van der Waals surface area contributed by atoms with E-state index < -0.39 is 11.9 Å². The average Bonchev–Trinajstić information content (AvgIpc) is 3.00. The van der Waals surface area contributed by atoms with Crippen molar-refractivity contribution >= 4 is 11.9 Å². The molecule has 0 saturated carbocycles. The highest BCUT2D eigenvalue weighted by Gasteiger charge is 2.03. The van der Waals surface area contributed by atoms with Crippen LogP contribution in [-0.2, 0) is 19.1 Å². The molecule has 88 valence electrons. The van der Waals surface area contributed by atoms with Gasteiger partial charge in [0.05, 0.1) is 19.8 Å². The van der Waals surface area contributed by atoms with Gasteiger partial charge in [-0.3, -0.25) is 9.59 Å². The fourth-order valence-corrected chi connectivity index (χ4v) is 0.616. The predicted octanol–water partition coefficient (Wildman–Crippen LogP) is -0.207. The molecule has 0 aromatic rings. The Bertz CT molecular complexity index is 186. The standard InChI is InChI=1S/C7H12O5.C2H4O/c8-4-5-12-7(11)3-1-2-6(9)10;1-2-3-1/h8H,1-5H2,(H,9,10);1-2H2. The number of aliphatic hydroxyl groups excluding tert-OH is 1. The van der Waals surface area contributed by atoms with E-state index in [4.69, 9.17) is 10.2 Å². The highest BCUT2D eigenvalue weighted by Crippen LogP contribution is 1.97. The Balaban J connectivity index is 0.000000548. The lowest BCUT2D eigenvalue weighted by molar-refractivity contribution is -0.145. The first-order chi connectivity index (χ1) is 7.16.